The number of hydrogen-bond donors (Lipinski definition) is 4. The first kappa shape index (κ1) is 27.0. The molecule has 14 heteroatoms. The normalized spacial score (nSPS) is 11.2. The minimum atomic E-state index is -3.26. The number of anilines is 4. The molecule has 200 valence electrons. The highest BCUT2D eigenvalue weighted by Crippen LogP contribution is 2.26. The first-order valence-corrected chi connectivity index (χ1v) is 14.5. The molecule has 3 aromatic heterocycles. The van der Waals surface area contributed by atoms with Gasteiger partial charge in [0.25, 0.3) is 0 Å². The molecule has 4 aromatic rings. The van der Waals surface area contributed by atoms with Crippen LogP contribution < -0.4 is 16.0 Å². The van der Waals surface area contributed by atoms with Gasteiger partial charge in [-0.1, -0.05) is 23.5 Å². The van der Waals surface area contributed by atoms with Gasteiger partial charge in [-0.05, 0) is 31.5 Å². The topological polar surface area (TPSA) is 164 Å². The van der Waals surface area contributed by atoms with Crippen LogP contribution >= 0.6 is 11.3 Å². The van der Waals surface area contributed by atoms with Crippen molar-refractivity contribution in [3.8, 4) is 0 Å². The summed E-state index contributed by atoms with van der Waals surface area (Å²) < 4.78 is 28.5. The smallest absolute Gasteiger partial charge is 0.350 e. The van der Waals surface area contributed by atoms with E-state index in [2.05, 4.69) is 40.9 Å². The van der Waals surface area contributed by atoms with E-state index in [0.717, 1.165) is 11.3 Å². The fourth-order valence-corrected chi connectivity index (χ4v) is 4.89. The molecular weight excluding hydrogens is 528 g/mol. The van der Waals surface area contributed by atoms with Gasteiger partial charge < -0.3 is 20.4 Å². The number of esters is 1. The van der Waals surface area contributed by atoms with Crippen LogP contribution in [-0.4, -0.2) is 58.7 Å². The quantitative estimate of drug-likeness (QED) is 0.189. The van der Waals surface area contributed by atoms with Gasteiger partial charge in [0.15, 0.2) is 15.0 Å². The highest BCUT2D eigenvalue weighted by molar-refractivity contribution is 7.90. The predicted octanol–water partition coefficient (Wildman–Crippen LogP) is 3.56. The molecular formula is C24H28N8O4S2. The molecule has 3 heterocycles. The van der Waals surface area contributed by atoms with E-state index in [-0.39, 0.29) is 17.5 Å². The lowest BCUT2D eigenvalue weighted by Crippen LogP contribution is -2.10. The van der Waals surface area contributed by atoms with Crippen molar-refractivity contribution in [3.63, 3.8) is 0 Å². The molecule has 0 aliphatic heterocycles. The van der Waals surface area contributed by atoms with Crippen LogP contribution in [0.5, 0.6) is 0 Å². The summed E-state index contributed by atoms with van der Waals surface area (Å²) in [7, 11) is -3.26. The zero-order valence-electron chi connectivity index (χ0n) is 21.1. The Bertz CT molecular complexity index is 1490. The molecule has 0 spiro atoms. The van der Waals surface area contributed by atoms with E-state index in [0.29, 0.717) is 46.8 Å². The molecule has 4 N–H and O–H groups in total. The van der Waals surface area contributed by atoms with E-state index < -0.39 is 15.8 Å². The average Bonchev–Trinajstić information content (AvgIpc) is 3.52. The second kappa shape index (κ2) is 12.0. The van der Waals surface area contributed by atoms with Gasteiger partial charge in [-0.3, -0.25) is 5.32 Å². The second-order valence-corrected chi connectivity index (χ2v) is 11.3. The Morgan fingerprint density at radius 2 is 1.84 bits per heavy atom. The van der Waals surface area contributed by atoms with E-state index >= 15 is 0 Å². The SMILES string of the molecule is CCOC(=O)c1sc(Nc2nc(NCCc3c[nH]cn3)cc(NCc3ccc(S(C)(=O)=O)cc3)n2)nc1C. The molecule has 0 amide bonds. The summed E-state index contributed by atoms with van der Waals surface area (Å²) in [6.45, 7) is 4.78. The molecule has 0 saturated carbocycles. The monoisotopic (exact) mass is 556 g/mol. The summed E-state index contributed by atoms with van der Waals surface area (Å²) in [5.74, 6) is 0.978. The van der Waals surface area contributed by atoms with Crippen LogP contribution in [0.4, 0.5) is 22.7 Å². The van der Waals surface area contributed by atoms with Crippen molar-refractivity contribution < 1.29 is 17.9 Å². The van der Waals surface area contributed by atoms with Gasteiger partial charge in [-0.15, -0.1) is 0 Å². The summed E-state index contributed by atoms with van der Waals surface area (Å²) >= 11 is 1.17. The highest BCUT2D eigenvalue weighted by atomic mass is 32.2. The minimum Gasteiger partial charge on any atom is -0.462 e. The fourth-order valence-electron chi connectivity index (χ4n) is 3.41. The summed E-state index contributed by atoms with van der Waals surface area (Å²) in [4.78, 5) is 33.5. The Morgan fingerprint density at radius 3 is 2.50 bits per heavy atom. The second-order valence-electron chi connectivity index (χ2n) is 8.25. The van der Waals surface area contributed by atoms with Gasteiger partial charge in [0.2, 0.25) is 5.95 Å². The number of aryl methyl sites for hydroxylation is 1. The number of aromatic amines is 1. The number of aromatic nitrogens is 5. The number of carbonyl (C=O) groups is 1. The Morgan fingerprint density at radius 1 is 1.11 bits per heavy atom. The van der Waals surface area contributed by atoms with Crippen LogP contribution in [0.1, 0.15) is 33.5 Å². The van der Waals surface area contributed by atoms with E-state index in [1.807, 2.05) is 6.20 Å². The zero-order chi connectivity index (χ0) is 27.1. The van der Waals surface area contributed by atoms with Crippen molar-refractivity contribution in [1.29, 1.82) is 0 Å². The van der Waals surface area contributed by atoms with E-state index in [1.54, 1.807) is 50.5 Å². The fraction of sp³-hybridized carbons (Fsp3) is 0.292. The highest BCUT2D eigenvalue weighted by Gasteiger charge is 2.17. The van der Waals surface area contributed by atoms with Crippen molar-refractivity contribution in [2.75, 3.05) is 35.4 Å². The van der Waals surface area contributed by atoms with Gasteiger partial charge >= 0.3 is 5.97 Å². The number of carbonyl (C=O) groups excluding carboxylic acids is 1. The molecule has 0 fully saturated rings. The van der Waals surface area contributed by atoms with Crippen LogP contribution in [0.15, 0.2) is 47.8 Å². The molecule has 0 aliphatic carbocycles. The Labute approximate surface area is 224 Å². The standard InChI is InChI=1S/C24H28N8O4S2/c1-4-36-22(33)21-15(2)29-24(37-21)32-23-30-19(26-10-9-17-13-25-14-28-17)11-20(31-23)27-12-16-5-7-18(8-6-16)38(3,34)35/h5-8,11,13-14H,4,9-10,12H2,1-3H3,(H,25,28)(H3,26,27,29,30,31,32). The number of hydrogen-bond acceptors (Lipinski definition) is 12. The lowest BCUT2D eigenvalue weighted by molar-refractivity contribution is 0.0531. The summed E-state index contributed by atoms with van der Waals surface area (Å²) in [5.41, 5.74) is 2.36. The third kappa shape index (κ3) is 7.26. The van der Waals surface area contributed by atoms with Crippen molar-refractivity contribution in [1.82, 2.24) is 24.9 Å². The zero-order valence-corrected chi connectivity index (χ0v) is 22.7. The number of rotatable bonds is 12. The van der Waals surface area contributed by atoms with E-state index in [9.17, 15) is 13.2 Å². The number of H-pyrrole nitrogens is 1. The Balaban J connectivity index is 1.51. The Hall–Kier alpha value is -4.04. The predicted molar refractivity (Wildman–Crippen MR) is 146 cm³/mol. The lowest BCUT2D eigenvalue weighted by atomic mass is 10.2. The van der Waals surface area contributed by atoms with Crippen LogP contribution in [-0.2, 0) is 27.5 Å². The van der Waals surface area contributed by atoms with Crippen molar-refractivity contribution in [2.24, 2.45) is 0 Å². The summed E-state index contributed by atoms with van der Waals surface area (Å²) in [5, 5.41) is 10.1. The van der Waals surface area contributed by atoms with Crippen LogP contribution in [0, 0.1) is 6.92 Å². The molecule has 0 saturated heterocycles. The number of nitrogens with zero attached hydrogens (tertiary/aromatic N) is 4. The third-order valence-electron chi connectivity index (χ3n) is 5.27. The van der Waals surface area contributed by atoms with Crippen LogP contribution in [0.25, 0.3) is 0 Å². The van der Waals surface area contributed by atoms with Gasteiger partial charge in [0.1, 0.15) is 16.5 Å². The molecule has 0 aliphatic rings. The molecule has 1 aromatic carbocycles. The molecule has 38 heavy (non-hydrogen) atoms. The lowest BCUT2D eigenvalue weighted by Gasteiger charge is -2.12. The maximum atomic E-state index is 12.2. The summed E-state index contributed by atoms with van der Waals surface area (Å²) in [6.07, 6.45) is 5.34. The van der Waals surface area contributed by atoms with Gasteiger partial charge in [-0.25, -0.2) is 23.2 Å². The summed E-state index contributed by atoms with van der Waals surface area (Å²) in [6, 6.07) is 8.43. The van der Waals surface area contributed by atoms with Crippen LogP contribution in [0.3, 0.4) is 0 Å². The van der Waals surface area contributed by atoms with Gasteiger partial charge in [-0.2, -0.15) is 9.97 Å². The first-order chi connectivity index (χ1) is 18.2. The maximum Gasteiger partial charge on any atom is 0.350 e. The Kier molecular flexibility index (Phi) is 8.53. The first-order valence-electron chi connectivity index (χ1n) is 11.8. The largest absolute Gasteiger partial charge is 0.462 e. The van der Waals surface area contributed by atoms with Gasteiger partial charge in [0.05, 0.1) is 29.2 Å². The van der Waals surface area contributed by atoms with Gasteiger partial charge in [0, 0.05) is 38.0 Å². The molecule has 12 nitrogen and oxygen atoms in total. The average molecular weight is 557 g/mol. The minimum absolute atomic E-state index is 0.263. The third-order valence-corrected chi connectivity index (χ3v) is 7.45. The molecule has 0 radical (unpaired) electrons. The number of benzene rings is 1. The van der Waals surface area contributed by atoms with E-state index in [4.69, 9.17) is 4.74 Å². The maximum absolute atomic E-state index is 12.2. The van der Waals surface area contributed by atoms with Crippen molar-refractivity contribution >= 4 is 49.9 Å². The molecule has 0 atom stereocenters. The number of ether oxygens (including phenoxy) is 1. The number of sulfone groups is 1. The molecule has 4 rings (SSSR count). The number of nitrogens with one attached hydrogen (secondary N) is 4. The number of thiazole rings is 1. The van der Waals surface area contributed by atoms with Crippen molar-refractivity contribution in [3.05, 3.63) is 64.7 Å². The molecule has 0 bridgehead atoms. The number of imidazole rings is 1. The van der Waals surface area contributed by atoms with Crippen molar-refractivity contribution in [2.45, 2.75) is 31.7 Å². The van der Waals surface area contributed by atoms with Crippen LogP contribution in [0.2, 0.25) is 0 Å². The van der Waals surface area contributed by atoms with E-state index in [1.165, 1.54) is 17.6 Å². The molecule has 0 unspecified atom stereocenters.